The molecular formula is C16H34NNaO2. The predicted molar refractivity (Wildman–Crippen MR) is 88.2 cm³/mol. The molecule has 0 spiro atoms. The number of nitrogens with two attached hydrogens (primary N) is 1. The Morgan fingerprint density at radius 1 is 0.800 bits per heavy atom. The number of carbonyl (C=O) groups excluding carboxylic acids is 1. The number of hydrogen-bond acceptors (Lipinski definition) is 3. The van der Waals surface area contributed by atoms with Crippen molar-refractivity contribution in [3.63, 3.8) is 0 Å². The minimum atomic E-state index is -0.289. The van der Waals surface area contributed by atoms with Gasteiger partial charge in [0.15, 0.2) is 0 Å². The molecule has 0 saturated heterocycles. The average Bonchev–Trinajstić information content (AvgIpc) is 2.43. The number of rotatable bonds is 14. The Morgan fingerprint density at radius 2 is 1.20 bits per heavy atom. The van der Waals surface area contributed by atoms with E-state index in [-0.39, 0.29) is 42.1 Å². The summed E-state index contributed by atoms with van der Waals surface area (Å²) in [6.45, 7) is 2.79. The van der Waals surface area contributed by atoms with E-state index in [1.807, 2.05) is 0 Å². The van der Waals surface area contributed by atoms with Gasteiger partial charge in [0.05, 0.1) is 13.2 Å². The van der Waals surface area contributed by atoms with Gasteiger partial charge in [0.2, 0.25) is 0 Å². The molecule has 0 amide bonds. The SMILES string of the molecule is CCCCCCCCCCCCCCOC(=O)CN.[NaH]. The summed E-state index contributed by atoms with van der Waals surface area (Å²) in [5.41, 5.74) is 5.14. The molecular weight excluding hydrogens is 261 g/mol. The van der Waals surface area contributed by atoms with Crippen molar-refractivity contribution in [3.8, 4) is 0 Å². The van der Waals surface area contributed by atoms with Crippen LogP contribution in [-0.2, 0) is 9.53 Å². The first-order valence-electron chi connectivity index (χ1n) is 8.17. The molecule has 0 bridgehead atoms. The van der Waals surface area contributed by atoms with Crippen molar-refractivity contribution in [2.45, 2.75) is 84.0 Å². The summed E-state index contributed by atoms with van der Waals surface area (Å²) in [4.78, 5) is 10.8. The molecule has 0 rings (SSSR count). The van der Waals surface area contributed by atoms with Gasteiger partial charge in [-0.05, 0) is 6.42 Å². The standard InChI is InChI=1S/C16H33NO2.Na.H/c1-2-3-4-5-6-7-8-9-10-11-12-13-14-19-16(18)15-17;;/h2-15,17H2,1H3;;. The van der Waals surface area contributed by atoms with E-state index >= 15 is 0 Å². The number of carbonyl (C=O) groups is 1. The molecule has 116 valence electrons. The Balaban J connectivity index is 0. The summed E-state index contributed by atoms with van der Waals surface area (Å²) in [6.07, 6.45) is 15.8. The van der Waals surface area contributed by atoms with Crippen LogP contribution in [-0.4, -0.2) is 48.7 Å². The van der Waals surface area contributed by atoms with Gasteiger partial charge in [-0.2, -0.15) is 0 Å². The van der Waals surface area contributed by atoms with Crippen molar-refractivity contribution in [1.82, 2.24) is 0 Å². The molecule has 0 heterocycles. The molecule has 0 aromatic heterocycles. The van der Waals surface area contributed by atoms with Crippen LogP contribution in [0.3, 0.4) is 0 Å². The molecule has 0 aliphatic carbocycles. The molecule has 0 aromatic carbocycles. The zero-order valence-corrected chi connectivity index (χ0v) is 12.8. The van der Waals surface area contributed by atoms with E-state index in [2.05, 4.69) is 6.92 Å². The van der Waals surface area contributed by atoms with E-state index in [1.165, 1.54) is 64.2 Å². The van der Waals surface area contributed by atoms with Crippen molar-refractivity contribution < 1.29 is 9.53 Å². The summed E-state index contributed by atoms with van der Waals surface area (Å²) in [6, 6.07) is 0. The second-order valence-corrected chi connectivity index (χ2v) is 5.31. The normalized spacial score (nSPS) is 10.1. The molecule has 0 saturated carbocycles. The van der Waals surface area contributed by atoms with Crippen molar-refractivity contribution in [3.05, 3.63) is 0 Å². The van der Waals surface area contributed by atoms with Crippen LogP contribution in [0.1, 0.15) is 84.0 Å². The van der Waals surface area contributed by atoms with Gasteiger partial charge >= 0.3 is 35.5 Å². The third kappa shape index (κ3) is 18.4. The van der Waals surface area contributed by atoms with Crippen LogP contribution < -0.4 is 5.73 Å². The van der Waals surface area contributed by atoms with Gasteiger partial charge in [0.1, 0.15) is 0 Å². The summed E-state index contributed by atoms with van der Waals surface area (Å²) in [7, 11) is 0. The first kappa shape index (κ1) is 22.7. The number of hydrogen-bond donors (Lipinski definition) is 1. The van der Waals surface area contributed by atoms with Crippen LogP contribution in [0.5, 0.6) is 0 Å². The van der Waals surface area contributed by atoms with Gasteiger partial charge in [-0.15, -0.1) is 0 Å². The van der Waals surface area contributed by atoms with Gasteiger partial charge in [-0.25, -0.2) is 0 Å². The van der Waals surface area contributed by atoms with Crippen LogP contribution in [0, 0.1) is 0 Å². The van der Waals surface area contributed by atoms with E-state index in [4.69, 9.17) is 10.5 Å². The molecule has 0 fully saturated rings. The molecule has 3 nitrogen and oxygen atoms in total. The molecule has 2 N–H and O–H groups in total. The quantitative estimate of drug-likeness (QED) is 0.303. The Kier molecular flexibility index (Phi) is 22.1. The Morgan fingerprint density at radius 3 is 1.60 bits per heavy atom. The summed E-state index contributed by atoms with van der Waals surface area (Å²) in [5.74, 6) is -0.289. The Hall–Kier alpha value is 0.430. The van der Waals surface area contributed by atoms with Crippen LogP contribution in [0.25, 0.3) is 0 Å². The van der Waals surface area contributed by atoms with Crippen molar-refractivity contribution in [2.24, 2.45) is 5.73 Å². The predicted octanol–water partition coefficient (Wildman–Crippen LogP) is 3.54. The van der Waals surface area contributed by atoms with Gasteiger partial charge in [0, 0.05) is 0 Å². The fraction of sp³-hybridized carbons (Fsp3) is 0.938. The molecule has 0 radical (unpaired) electrons. The maximum atomic E-state index is 10.8. The Bertz CT molecular complexity index is 201. The fourth-order valence-electron chi connectivity index (χ4n) is 2.19. The second-order valence-electron chi connectivity index (χ2n) is 5.31. The molecule has 0 atom stereocenters. The molecule has 20 heavy (non-hydrogen) atoms. The van der Waals surface area contributed by atoms with E-state index in [9.17, 15) is 4.79 Å². The average molecular weight is 295 g/mol. The second kappa shape index (κ2) is 19.4. The van der Waals surface area contributed by atoms with Gasteiger partial charge in [0.25, 0.3) is 0 Å². The first-order valence-corrected chi connectivity index (χ1v) is 8.17. The molecule has 0 aromatic rings. The van der Waals surface area contributed by atoms with E-state index in [0.717, 1.165) is 12.8 Å². The third-order valence-corrected chi connectivity index (χ3v) is 3.43. The fourth-order valence-corrected chi connectivity index (χ4v) is 2.19. The van der Waals surface area contributed by atoms with E-state index < -0.39 is 0 Å². The zero-order valence-electron chi connectivity index (χ0n) is 12.8. The summed E-state index contributed by atoms with van der Waals surface area (Å²) in [5, 5.41) is 0. The molecule has 0 aliphatic rings. The van der Waals surface area contributed by atoms with Gasteiger partial charge < -0.3 is 10.5 Å². The van der Waals surface area contributed by atoms with Crippen molar-refractivity contribution in [2.75, 3.05) is 13.2 Å². The Labute approximate surface area is 147 Å². The van der Waals surface area contributed by atoms with E-state index in [1.54, 1.807) is 0 Å². The van der Waals surface area contributed by atoms with Gasteiger partial charge in [-0.1, -0.05) is 77.6 Å². The monoisotopic (exact) mass is 295 g/mol. The third-order valence-electron chi connectivity index (χ3n) is 3.43. The van der Waals surface area contributed by atoms with Crippen LogP contribution >= 0.6 is 0 Å². The minimum absolute atomic E-state index is 0. The zero-order chi connectivity index (χ0) is 14.2. The topological polar surface area (TPSA) is 52.3 Å². The van der Waals surface area contributed by atoms with Crippen LogP contribution in [0.2, 0.25) is 0 Å². The van der Waals surface area contributed by atoms with Crippen molar-refractivity contribution >= 4 is 35.5 Å². The number of ether oxygens (including phenoxy) is 1. The van der Waals surface area contributed by atoms with Crippen LogP contribution in [0.4, 0.5) is 0 Å². The number of unbranched alkanes of at least 4 members (excludes halogenated alkanes) is 11. The van der Waals surface area contributed by atoms with Crippen LogP contribution in [0.15, 0.2) is 0 Å². The van der Waals surface area contributed by atoms with Crippen molar-refractivity contribution in [1.29, 1.82) is 0 Å². The summed E-state index contributed by atoms with van der Waals surface area (Å²) < 4.78 is 4.92. The number of esters is 1. The first-order chi connectivity index (χ1) is 9.31. The molecule has 0 aliphatic heterocycles. The van der Waals surface area contributed by atoms with E-state index in [0.29, 0.717) is 6.61 Å². The summed E-state index contributed by atoms with van der Waals surface area (Å²) >= 11 is 0. The van der Waals surface area contributed by atoms with Gasteiger partial charge in [-0.3, -0.25) is 4.79 Å². The molecule has 0 unspecified atom stereocenters. The maximum absolute atomic E-state index is 10.8. The molecule has 4 heteroatoms.